The fourth-order valence-corrected chi connectivity index (χ4v) is 4.39. The van der Waals surface area contributed by atoms with Gasteiger partial charge in [-0.3, -0.25) is 14.4 Å². The molecule has 0 unspecified atom stereocenters. The first kappa shape index (κ1) is 20.4. The summed E-state index contributed by atoms with van der Waals surface area (Å²) in [4.78, 5) is 39.0. The molecule has 1 aromatic heterocycles. The Morgan fingerprint density at radius 3 is 2.43 bits per heavy atom. The van der Waals surface area contributed by atoms with Crippen molar-refractivity contribution in [2.45, 2.75) is 32.1 Å². The van der Waals surface area contributed by atoms with Crippen LogP contribution in [-0.2, 0) is 9.59 Å². The van der Waals surface area contributed by atoms with E-state index in [1.165, 1.54) is 6.26 Å². The molecule has 2 N–H and O–H groups in total. The number of carboxylic acids is 2. The average Bonchev–Trinajstić information content (AvgIpc) is 3.21. The van der Waals surface area contributed by atoms with E-state index in [1.54, 1.807) is 17.0 Å². The summed E-state index contributed by atoms with van der Waals surface area (Å²) in [6.45, 7) is 3.38. The molecular formula is C20H28N2O6. The van der Waals surface area contributed by atoms with Crippen LogP contribution in [0.1, 0.15) is 42.7 Å². The van der Waals surface area contributed by atoms with E-state index in [9.17, 15) is 19.5 Å². The molecule has 3 heterocycles. The third kappa shape index (κ3) is 5.13. The molecule has 28 heavy (non-hydrogen) atoms. The number of furan rings is 1. The second kappa shape index (κ2) is 9.23. The smallest absolute Gasteiger partial charge is 0.306 e. The predicted molar refractivity (Wildman–Crippen MR) is 99.9 cm³/mol. The lowest BCUT2D eigenvalue weighted by atomic mass is 9.80. The van der Waals surface area contributed by atoms with E-state index in [2.05, 4.69) is 4.90 Å². The molecule has 0 aromatic carbocycles. The number of carbonyl (C=O) groups excluding carboxylic acids is 1. The molecule has 0 radical (unpaired) electrons. The first-order valence-corrected chi connectivity index (χ1v) is 9.93. The van der Waals surface area contributed by atoms with Gasteiger partial charge in [0.25, 0.3) is 5.91 Å². The minimum atomic E-state index is -0.803. The highest BCUT2D eigenvalue weighted by atomic mass is 16.4. The second-order valence-electron chi connectivity index (χ2n) is 7.88. The summed E-state index contributed by atoms with van der Waals surface area (Å²) >= 11 is 0. The van der Waals surface area contributed by atoms with Crippen molar-refractivity contribution in [1.29, 1.82) is 0 Å². The Balaban J connectivity index is 1.57. The number of rotatable bonds is 7. The Kier molecular flexibility index (Phi) is 6.72. The van der Waals surface area contributed by atoms with Gasteiger partial charge >= 0.3 is 11.9 Å². The Hall–Kier alpha value is -2.35. The average molecular weight is 392 g/mol. The monoisotopic (exact) mass is 392 g/mol. The number of likely N-dealkylation sites (tertiary alicyclic amines) is 2. The van der Waals surface area contributed by atoms with Crippen LogP contribution in [0.5, 0.6) is 0 Å². The molecule has 2 saturated heterocycles. The summed E-state index contributed by atoms with van der Waals surface area (Å²) in [6.07, 6.45) is 4.38. The van der Waals surface area contributed by atoms with Gasteiger partial charge in [0.15, 0.2) is 5.76 Å². The number of carboxylic acid groups (broad SMARTS) is 2. The maximum atomic E-state index is 12.6. The minimum Gasteiger partial charge on any atom is -0.481 e. The molecule has 0 saturated carbocycles. The first-order chi connectivity index (χ1) is 13.4. The SMILES string of the molecule is O=C(O)C[C@@H]1CCN(C(=O)c2ccco2)C[C@@H]1CCN1CCC(C(=O)O)CC1. The Morgan fingerprint density at radius 1 is 1.07 bits per heavy atom. The van der Waals surface area contributed by atoms with E-state index in [0.717, 1.165) is 26.1 Å². The number of piperidine rings is 2. The molecule has 1 amide bonds. The van der Waals surface area contributed by atoms with Crippen LogP contribution < -0.4 is 0 Å². The van der Waals surface area contributed by atoms with Crippen LogP contribution in [0.2, 0.25) is 0 Å². The topological polar surface area (TPSA) is 111 Å². The zero-order chi connectivity index (χ0) is 20.1. The van der Waals surface area contributed by atoms with Crippen molar-refractivity contribution >= 4 is 17.8 Å². The summed E-state index contributed by atoms with van der Waals surface area (Å²) in [5, 5.41) is 18.4. The van der Waals surface area contributed by atoms with Gasteiger partial charge in [-0.05, 0) is 69.3 Å². The summed E-state index contributed by atoms with van der Waals surface area (Å²) < 4.78 is 5.22. The van der Waals surface area contributed by atoms with Gasteiger partial charge in [0.05, 0.1) is 12.2 Å². The summed E-state index contributed by atoms with van der Waals surface area (Å²) in [5.41, 5.74) is 0. The maximum absolute atomic E-state index is 12.6. The number of amides is 1. The van der Waals surface area contributed by atoms with Crippen molar-refractivity contribution < 1.29 is 29.0 Å². The van der Waals surface area contributed by atoms with Crippen LogP contribution in [-0.4, -0.2) is 70.6 Å². The number of carbonyl (C=O) groups is 3. The van der Waals surface area contributed by atoms with Gasteiger partial charge in [-0.2, -0.15) is 0 Å². The Labute approximate surface area is 164 Å². The lowest BCUT2D eigenvalue weighted by molar-refractivity contribution is -0.143. The van der Waals surface area contributed by atoms with E-state index in [-0.39, 0.29) is 30.1 Å². The molecule has 1 aromatic rings. The van der Waals surface area contributed by atoms with Crippen LogP contribution in [0.15, 0.2) is 22.8 Å². The van der Waals surface area contributed by atoms with Gasteiger partial charge < -0.3 is 24.4 Å². The largest absolute Gasteiger partial charge is 0.481 e. The van der Waals surface area contributed by atoms with Crippen LogP contribution in [0, 0.1) is 17.8 Å². The van der Waals surface area contributed by atoms with Crippen LogP contribution >= 0.6 is 0 Å². The zero-order valence-corrected chi connectivity index (χ0v) is 16.0. The van der Waals surface area contributed by atoms with E-state index < -0.39 is 11.9 Å². The summed E-state index contributed by atoms with van der Waals surface area (Å²) in [7, 11) is 0. The van der Waals surface area contributed by atoms with Gasteiger partial charge in [0.1, 0.15) is 0 Å². The van der Waals surface area contributed by atoms with E-state index >= 15 is 0 Å². The highest BCUT2D eigenvalue weighted by molar-refractivity contribution is 5.91. The third-order valence-corrected chi connectivity index (χ3v) is 6.10. The van der Waals surface area contributed by atoms with E-state index in [1.807, 2.05) is 0 Å². The van der Waals surface area contributed by atoms with Crippen molar-refractivity contribution in [3.63, 3.8) is 0 Å². The second-order valence-corrected chi connectivity index (χ2v) is 7.88. The number of hydrogen-bond acceptors (Lipinski definition) is 5. The normalized spacial score (nSPS) is 24.2. The fraction of sp³-hybridized carbons (Fsp3) is 0.650. The maximum Gasteiger partial charge on any atom is 0.306 e. The molecule has 0 spiro atoms. The number of nitrogens with zero attached hydrogens (tertiary/aromatic N) is 2. The third-order valence-electron chi connectivity index (χ3n) is 6.10. The molecule has 2 fully saturated rings. The van der Waals surface area contributed by atoms with Gasteiger partial charge in [-0.1, -0.05) is 0 Å². The van der Waals surface area contributed by atoms with Crippen molar-refractivity contribution in [2.75, 3.05) is 32.7 Å². The molecule has 3 rings (SSSR count). The summed E-state index contributed by atoms with van der Waals surface area (Å²) in [6, 6.07) is 3.33. The molecule has 2 atom stereocenters. The molecule has 0 bridgehead atoms. The van der Waals surface area contributed by atoms with Crippen LogP contribution in [0.3, 0.4) is 0 Å². The predicted octanol–water partition coefficient (Wildman–Crippen LogP) is 2.02. The van der Waals surface area contributed by atoms with Gasteiger partial charge in [-0.15, -0.1) is 0 Å². The van der Waals surface area contributed by atoms with Crippen molar-refractivity contribution in [3.8, 4) is 0 Å². The first-order valence-electron chi connectivity index (χ1n) is 9.93. The van der Waals surface area contributed by atoms with Gasteiger partial charge in [0.2, 0.25) is 0 Å². The molecule has 2 aliphatic heterocycles. The van der Waals surface area contributed by atoms with Gasteiger partial charge in [0, 0.05) is 19.5 Å². The molecular weight excluding hydrogens is 364 g/mol. The number of aliphatic carboxylic acids is 2. The number of hydrogen-bond donors (Lipinski definition) is 2. The summed E-state index contributed by atoms with van der Waals surface area (Å²) in [5.74, 6) is -1.45. The van der Waals surface area contributed by atoms with Crippen LogP contribution in [0.25, 0.3) is 0 Å². The lowest BCUT2D eigenvalue weighted by Gasteiger charge is -2.39. The lowest BCUT2D eigenvalue weighted by Crippen LogP contribution is -2.45. The Morgan fingerprint density at radius 2 is 1.82 bits per heavy atom. The highest BCUT2D eigenvalue weighted by Gasteiger charge is 2.34. The van der Waals surface area contributed by atoms with Crippen molar-refractivity contribution in [1.82, 2.24) is 9.80 Å². The highest BCUT2D eigenvalue weighted by Crippen LogP contribution is 2.31. The molecule has 8 nitrogen and oxygen atoms in total. The fourth-order valence-electron chi connectivity index (χ4n) is 4.39. The van der Waals surface area contributed by atoms with E-state index in [0.29, 0.717) is 38.1 Å². The van der Waals surface area contributed by atoms with Crippen LogP contribution in [0.4, 0.5) is 0 Å². The van der Waals surface area contributed by atoms with Crippen molar-refractivity contribution in [3.05, 3.63) is 24.2 Å². The molecule has 2 aliphatic rings. The molecule has 0 aliphatic carbocycles. The molecule has 154 valence electrons. The minimum absolute atomic E-state index is 0.0507. The standard InChI is InChI=1S/C20H28N2O6/c23-18(24)12-15-6-10-22(19(25)17-2-1-11-28-17)13-16(15)5-9-21-7-3-14(4-8-21)20(26)27/h1-2,11,14-16H,3-10,12-13H2,(H,23,24)(H,26,27)/t15-,16-/m0/s1. The van der Waals surface area contributed by atoms with E-state index in [4.69, 9.17) is 9.52 Å². The van der Waals surface area contributed by atoms with Gasteiger partial charge in [-0.25, -0.2) is 0 Å². The quantitative estimate of drug-likeness (QED) is 0.730. The van der Waals surface area contributed by atoms with Crippen molar-refractivity contribution in [2.24, 2.45) is 17.8 Å². The Bertz CT molecular complexity index is 681. The zero-order valence-electron chi connectivity index (χ0n) is 16.0. The molecule has 8 heteroatoms.